The maximum absolute atomic E-state index is 11.8. The lowest BCUT2D eigenvalue weighted by Gasteiger charge is -2.20. The quantitative estimate of drug-likeness (QED) is 0.547. The highest BCUT2D eigenvalue weighted by atomic mass is 79.9. The lowest BCUT2D eigenvalue weighted by Crippen LogP contribution is -2.24. The summed E-state index contributed by atoms with van der Waals surface area (Å²) in [6.45, 7) is 6.29. The monoisotopic (exact) mass is 422 g/mol. The summed E-state index contributed by atoms with van der Waals surface area (Å²) in [6.07, 6.45) is 1.53. The summed E-state index contributed by atoms with van der Waals surface area (Å²) in [4.78, 5) is 11.8. The van der Waals surface area contributed by atoms with Gasteiger partial charge in [0.25, 0.3) is 5.91 Å². The molecule has 2 aromatic carbocycles. The number of nitrogens with zero attached hydrogens (tertiary/aromatic N) is 1. The second-order valence-corrected chi connectivity index (χ2v) is 7.82. The molecular formula is C19H20BrClN2O2. The number of carbonyl (C=O) groups is 1. The molecule has 25 heavy (non-hydrogen) atoms. The molecule has 0 saturated heterocycles. The predicted molar refractivity (Wildman–Crippen MR) is 106 cm³/mol. The lowest BCUT2D eigenvalue weighted by molar-refractivity contribution is -0.123. The van der Waals surface area contributed by atoms with Crippen molar-refractivity contribution in [1.29, 1.82) is 0 Å². The van der Waals surface area contributed by atoms with Gasteiger partial charge in [0, 0.05) is 5.02 Å². The van der Waals surface area contributed by atoms with Crippen molar-refractivity contribution in [2.24, 2.45) is 5.10 Å². The minimum Gasteiger partial charge on any atom is -0.483 e. The van der Waals surface area contributed by atoms with E-state index in [-0.39, 0.29) is 17.9 Å². The summed E-state index contributed by atoms with van der Waals surface area (Å²) in [5.74, 6) is 0.270. The minimum atomic E-state index is -0.343. The lowest BCUT2D eigenvalue weighted by atomic mass is 9.87. The molecule has 0 fully saturated rings. The molecule has 0 aliphatic carbocycles. The van der Waals surface area contributed by atoms with Gasteiger partial charge in [0.15, 0.2) is 6.61 Å². The summed E-state index contributed by atoms with van der Waals surface area (Å²) in [6, 6.07) is 13.0. The molecule has 132 valence electrons. The fourth-order valence-electron chi connectivity index (χ4n) is 2.03. The van der Waals surface area contributed by atoms with Crippen LogP contribution in [0.3, 0.4) is 0 Å². The molecule has 1 N–H and O–H groups in total. The molecule has 2 aromatic rings. The van der Waals surface area contributed by atoms with Gasteiger partial charge in [-0.25, -0.2) is 5.43 Å². The molecule has 0 heterocycles. The van der Waals surface area contributed by atoms with Crippen LogP contribution in [0, 0.1) is 0 Å². The molecule has 0 radical (unpaired) electrons. The summed E-state index contributed by atoms with van der Waals surface area (Å²) in [5.41, 5.74) is 4.46. The third kappa shape index (κ3) is 6.18. The van der Waals surface area contributed by atoms with Gasteiger partial charge in [0.2, 0.25) is 0 Å². The van der Waals surface area contributed by atoms with Gasteiger partial charge in [-0.1, -0.05) is 50.6 Å². The first-order chi connectivity index (χ1) is 11.8. The van der Waals surface area contributed by atoms with Crippen LogP contribution in [-0.4, -0.2) is 18.7 Å². The first-order valence-electron chi connectivity index (χ1n) is 7.76. The van der Waals surface area contributed by atoms with Gasteiger partial charge in [-0.2, -0.15) is 5.10 Å². The van der Waals surface area contributed by atoms with Crippen molar-refractivity contribution in [3.8, 4) is 5.75 Å². The normalized spacial score (nSPS) is 11.6. The molecule has 0 saturated carbocycles. The molecule has 4 nitrogen and oxygen atoms in total. The summed E-state index contributed by atoms with van der Waals surface area (Å²) < 4.78 is 6.35. The Bertz CT molecular complexity index is 785. The van der Waals surface area contributed by atoms with Crippen LogP contribution in [0.4, 0.5) is 0 Å². The fraction of sp³-hybridized carbons (Fsp3) is 0.263. The Morgan fingerprint density at radius 1 is 1.28 bits per heavy atom. The van der Waals surface area contributed by atoms with Crippen molar-refractivity contribution in [2.45, 2.75) is 26.2 Å². The maximum Gasteiger partial charge on any atom is 0.277 e. The van der Waals surface area contributed by atoms with E-state index in [1.54, 1.807) is 12.1 Å². The topological polar surface area (TPSA) is 50.7 Å². The Morgan fingerprint density at radius 3 is 2.68 bits per heavy atom. The van der Waals surface area contributed by atoms with Gasteiger partial charge >= 0.3 is 0 Å². The molecule has 0 bridgehead atoms. The van der Waals surface area contributed by atoms with Gasteiger partial charge in [-0.3, -0.25) is 4.79 Å². The van der Waals surface area contributed by atoms with Crippen LogP contribution in [-0.2, 0) is 10.2 Å². The van der Waals surface area contributed by atoms with Gasteiger partial charge in [0.05, 0.1) is 10.7 Å². The van der Waals surface area contributed by atoms with Crippen molar-refractivity contribution in [3.05, 3.63) is 63.1 Å². The first kappa shape index (κ1) is 19.5. The van der Waals surface area contributed by atoms with Crippen molar-refractivity contribution in [2.75, 3.05) is 6.61 Å². The summed E-state index contributed by atoms with van der Waals surface area (Å²) in [7, 11) is 0. The average molecular weight is 424 g/mol. The predicted octanol–water partition coefficient (Wildman–Crippen LogP) is 4.93. The summed E-state index contributed by atoms with van der Waals surface area (Å²) >= 11 is 9.37. The van der Waals surface area contributed by atoms with Gasteiger partial charge < -0.3 is 4.74 Å². The number of nitrogens with one attached hydrogen (secondary N) is 1. The molecule has 2 rings (SSSR count). The van der Waals surface area contributed by atoms with E-state index in [0.29, 0.717) is 10.8 Å². The Hall–Kier alpha value is -1.85. The van der Waals surface area contributed by atoms with E-state index in [1.807, 2.05) is 30.3 Å². The number of amides is 1. The number of ether oxygens (including phenoxy) is 1. The molecule has 0 atom stereocenters. The van der Waals surface area contributed by atoms with Crippen molar-refractivity contribution in [1.82, 2.24) is 5.43 Å². The fourth-order valence-corrected chi connectivity index (χ4v) is 2.72. The molecule has 0 unspecified atom stereocenters. The van der Waals surface area contributed by atoms with Crippen molar-refractivity contribution in [3.63, 3.8) is 0 Å². The molecule has 0 aliphatic heterocycles. The van der Waals surface area contributed by atoms with E-state index < -0.39 is 0 Å². The van der Waals surface area contributed by atoms with Crippen LogP contribution < -0.4 is 10.2 Å². The largest absolute Gasteiger partial charge is 0.483 e. The zero-order valence-electron chi connectivity index (χ0n) is 14.3. The van der Waals surface area contributed by atoms with Crippen molar-refractivity contribution >= 4 is 39.7 Å². The number of rotatable bonds is 5. The Labute approximate surface area is 161 Å². The average Bonchev–Trinajstić information content (AvgIpc) is 2.53. The third-order valence-electron chi connectivity index (χ3n) is 3.41. The number of hydrogen-bond acceptors (Lipinski definition) is 3. The van der Waals surface area contributed by atoms with Crippen LogP contribution >= 0.6 is 27.5 Å². The van der Waals surface area contributed by atoms with E-state index >= 15 is 0 Å². The Kier molecular flexibility index (Phi) is 6.62. The Balaban J connectivity index is 1.88. The highest BCUT2D eigenvalue weighted by molar-refractivity contribution is 9.10. The van der Waals surface area contributed by atoms with Crippen LogP contribution in [0.5, 0.6) is 5.75 Å². The molecule has 0 aromatic heterocycles. The van der Waals surface area contributed by atoms with Crippen LogP contribution in [0.15, 0.2) is 52.0 Å². The Morgan fingerprint density at radius 2 is 2.04 bits per heavy atom. The highest BCUT2D eigenvalue weighted by Crippen LogP contribution is 2.31. The molecular weight excluding hydrogens is 404 g/mol. The standard InChI is InChI=1S/C19H20BrClN2O2/c1-19(2,3)14-7-8-17(16(20)10-14)25-12-18(24)23-22-11-13-5-4-6-15(21)9-13/h4-11H,12H2,1-3H3,(H,23,24)/b22-11+. The first-order valence-corrected chi connectivity index (χ1v) is 8.93. The van der Waals surface area contributed by atoms with Gasteiger partial charge in [-0.05, 0) is 56.7 Å². The van der Waals surface area contributed by atoms with Gasteiger partial charge in [0.1, 0.15) is 5.75 Å². The second kappa shape index (κ2) is 8.50. The number of carbonyl (C=O) groups excluding carboxylic acids is 1. The maximum atomic E-state index is 11.8. The van der Waals surface area contributed by atoms with Crippen molar-refractivity contribution < 1.29 is 9.53 Å². The minimum absolute atomic E-state index is 0.0491. The smallest absolute Gasteiger partial charge is 0.277 e. The van der Waals surface area contributed by atoms with E-state index in [9.17, 15) is 4.79 Å². The number of halogens is 2. The van der Waals surface area contributed by atoms with Crippen LogP contribution in [0.2, 0.25) is 5.02 Å². The van der Waals surface area contributed by atoms with Gasteiger partial charge in [-0.15, -0.1) is 0 Å². The van der Waals surface area contributed by atoms with Crippen LogP contribution in [0.25, 0.3) is 0 Å². The zero-order valence-corrected chi connectivity index (χ0v) is 16.7. The second-order valence-electron chi connectivity index (χ2n) is 6.53. The van der Waals surface area contributed by atoms with Crippen LogP contribution in [0.1, 0.15) is 31.9 Å². The van der Waals surface area contributed by atoms with E-state index in [4.69, 9.17) is 16.3 Å². The number of benzene rings is 2. The zero-order chi connectivity index (χ0) is 18.4. The SMILES string of the molecule is CC(C)(C)c1ccc(OCC(=O)N/N=C/c2cccc(Cl)c2)c(Br)c1. The van der Waals surface area contributed by atoms with E-state index in [0.717, 1.165) is 10.0 Å². The van der Waals surface area contributed by atoms with E-state index in [1.165, 1.54) is 11.8 Å². The molecule has 0 spiro atoms. The molecule has 1 amide bonds. The molecule has 6 heteroatoms. The third-order valence-corrected chi connectivity index (χ3v) is 4.26. The number of hydrogen-bond donors (Lipinski definition) is 1. The number of hydrazone groups is 1. The van der Waals surface area contributed by atoms with E-state index in [2.05, 4.69) is 47.2 Å². The highest BCUT2D eigenvalue weighted by Gasteiger charge is 2.15. The molecule has 0 aliphatic rings. The summed E-state index contributed by atoms with van der Waals surface area (Å²) in [5, 5.41) is 4.50.